The summed E-state index contributed by atoms with van der Waals surface area (Å²) in [5.41, 5.74) is 6.84. The van der Waals surface area contributed by atoms with Gasteiger partial charge in [0.1, 0.15) is 0 Å². The SMILES string of the molecule is Cc1[nH]nc(C(=O)NCC2(C)CCCO2)c1N. The number of anilines is 1. The first-order valence-electron chi connectivity index (χ1n) is 5.74. The molecule has 6 heteroatoms. The Bertz CT molecular complexity index is 421. The minimum Gasteiger partial charge on any atom is -0.395 e. The van der Waals surface area contributed by atoms with Crippen molar-refractivity contribution >= 4 is 11.6 Å². The molecule has 1 aromatic heterocycles. The first-order chi connectivity index (χ1) is 8.02. The summed E-state index contributed by atoms with van der Waals surface area (Å²) >= 11 is 0. The van der Waals surface area contributed by atoms with Crippen molar-refractivity contribution in [3.05, 3.63) is 11.4 Å². The third-order valence-corrected chi connectivity index (χ3v) is 3.13. The highest BCUT2D eigenvalue weighted by molar-refractivity contribution is 5.97. The number of H-pyrrole nitrogens is 1. The second kappa shape index (κ2) is 4.37. The van der Waals surface area contributed by atoms with Crippen molar-refractivity contribution in [1.29, 1.82) is 0 Å². The fraction of sp³-hybridized carbons (Fsp3) is 0.636. The predicted molar refractivity (Wildman–Crippen MR) is 63.7 cm³/mol. The number of nitrogens with one attached hydrogen (secondary N) is 2. The van der Waals surface area contributed by atoms with Crippen LogP contribution in [0, 0.1) is 6.92 Å². The van der Waals surface area contributed by atoms with Gasteiger partial charge in [-0.3, -0.25) is 9.89 Å². The Labute approximate surface area is 99.9 Å². The van der Waals surface area contributed by atoms with Gasteiger partial charge in [0.15, 0.2) is 5.69 Å². The molecule has 94 valence electrons. The Morgan fingerprint density at radius 2 is 2.47 bits per heavy atom. The van der Waals surface area contributed by atoms with Gasteiger partial charge in [-0.1, -0.05) is 0 Å². The van der Waals surface area contributed by atoms with Crippen molar-refractivity contribution in [2.24, 2.45) is 0 Å². The van der Waals surface area contributed by atoms with Crippen molar-refractivity contribution < 1.29 is 9.53 Å². The summed E-state index contributed by atoms with van der Waals surface area (Å²) in [7, 11) is 0. The zero-order valence-corrected chi connectivity index (χ0v) is 10.2. The zero-order chi connectivity index (χ0) is 12.5. The number of nitrogen functional groups attached to an aromatic ring is 1. The molecule has 0 bridgehead atoms. The van der Waals surface area contributed by atoms with Gasteiger partial charge in [0.05, 0.1) is 17.0 Å². The smallest absolute Gasteiger partial charge is 0.274 e. The number of hydrogen-bond donors (Lipinski definition) is 3. The average Bonchev–Trinajstić information content (AvgIpc) is 2.86. The van der Waals surface area contributed by atoms with Gasteiger partial charge >= 0.3 is 0 Å². The van der Waals surface area contributed by atoms with Gasteiger partial charge in [-0.05, 0) is 26.7 Å². The Morgan fingerprint density at radius 3 is 3.00 bits per heavy atom. The third-order valence-electron chi connectivity index (χ3n) is 3.13. The number of nitrogens with two attached hydrogens (primary N) is 1. The van der Waals surface area contributed by atoms with E-state index in [0.29, 0.717) is 17.9 Å². The van der Waals surface area contributed by atoms with E-state index >= 15 is 0 Å². The van der Waals surface area contributed by atoms with Crippen LogP contribution in [0.4, 0.5) is 5.69 Å². The molecule has 1 unspecified atom stereocenters. The van der Waals surface area contributed by atoms with Crippen LogP contribution in [0.15, 0.2) is 0 Å². The molecule has 1 saturated heterocycles. The number of aryl methyl sites for hydroxylation is 1. The molecule has 2 heterocycles. The maximum absolute atomic E-state index is 11.8. The lowest BCUT2D eigenvalue weighted by molar-refractivity contribution is 0.0205. The normalized spacial score (nSPS) is 23.9. The summed E-state index contributed by atoms with van der Waals surface area (Å²) in [6, 6.07) is 0. The lowest BCUT2D eigenvalue weighted by atomic mass is 10.0. The van der Waals surface area contributed by atoms with Crippen LogP contribution in [-0.4, -0.2) is 34.9 Å². The lowest BCUT2D eigenvalue weighted by Gasteiger charge is -2.23. The standard InChI is InChI=1S/C11H18N4O2/c1-7-8(12)9(15-14-7)10(16)13-6-11(2)4-3-5-17-11/h3-6,12H2,1-2H3,(H,13,16)(H,14,15). The van der Waals surface area contributed by atoms with Gasteiger partial charge in [0.2, 0.25) is 0 Å². The molecule has 0 aliphatic carbocycles. The molecule has 1 atom stereocenters. The van der Waals surface area contributed by atoms with Gasteiger partial charge in [-0.2, -0.15) is 5.10 Å². The molecule has 0 aromatic carbocycles. The van der Waals surface area contributed by atoms with Crippen LogP contribution in [0.5, 0.6) is 0 Å². The average molecular weight is 238 g/mol. The summed E-state index contributed by atoms with van der Waals surface area (Å²) in [5, 5.41) is 9.38. The number of nitrogens with zero attached hydrogens (tertiary/aromatic N) is 1. The molecule has 1 aliphatic rings. The summed E-state index contributed by atoms with van der Waals surface area (Å²) < 4.78 is 5.59. The molecular formula is C11H18N4O2. The molecule has 1 aliphatic heterocycles. The lowest BCUT2D eigenvalue weighted by Crippen LogP contribution is -2.40. The molecule has 0 radical (unpaired) electrons. The maximum atomic E-state index is 11.8. The van der Waals surface area contributed by atoms with Crippen LogP contribution >= 0.6 is 0 Å². The summed E-state index contributed by atoms with van der Waals surface area (Å²) in [5.74, 6) is -0.261. The number of aromatic amines is 1. The first-order valence-corrected chi connectivity index (χ1v) is 5.74. The van der Waals surface area contributed by atoms with Crippen molar-refractivity contribution in [3.8, 4) is 0 Å². The van der Waals surface area contributed by atoms with Gasteiger partial charge < -0.3 is 15.8 Å². The third kappa shape index (κ3) is 2.41. The number of hydrogen-bond acceptors (Lipinski definition) is 4. The molecule has 0 saturated carbocycles. The van der Waals surface area contributed by atoms with Gasteiger partial charge in [-0.15, -0.1) is 0 Å². The van der Waals surface area contributed by atoms with Crippen molar-refractivity contribution in [1.82, 2.24) is 15.5 Å². The zero-order valence-electron chi connectivity index (χ0n) is 10.2. The van der Waals surface area contributed by atoms with E-state index in [1.165, 1.54) is 0 Å². The predicted octanol–water partition coefficient (Wildman–Crippen LogP) is 0.599. The van der Waals surface area contributed by atoms with Gasteiger partial charge in [-0.25, -0.2) is 0 Å². The Hall–Kier alpha value is -1.56. The van der Waals surface area contributed by atoms with Crippen molar-refractivity contribution in [3.63, 3.8) is 0 Å². The van der Waals surface area contributed by atoms with Crippen molar-refractivity contribution in [2.45, 2.75) is 32.3 Å². The van der Waals surface area contributed by atoms with Crippen LogP contribution < -0.4 is 11.1 Å². The maximum Gasteiger partial charge on any atom is 0.274 e. The summed E-state index contributed by atoms with van der Waals surface area (Å²) in [6.45, 7) is 5.02. The van der Waals surface area contributed by atoms with Crippen LogP contribution in [0.2, 0.25) is 0 Å². The molecule has 0 spiro atoms. The topological polar surface area (TPSA) is 93.0 Å². The van der Waals surface area contributed by atoms with Crippen LogP contribution in [-0.2, 0) is 4.74 Å². The molecule has 1 aromatic rings. The van der Waals surface area contributed by atoms with Crippen LogP contribution in [0.25, 0.3) is 0 Å². The van der Waals surface area contributed by atoms with E-state index in [9.17, 15) is 4.79 Å². The second-order valence-corrected chi connectivity index (χ2v) is 4.70. The highest BCUT2D eigenvalue weighted by atomic mass is 16.5. The molecule has 17 heavy (non-hydrogen) atoms. The fourth-order valence-corrected chi connectivity index (χ4v) is 1.94. The molecule has 1 amide bonds. The molecule has 4 N–H and O–H groups in total. The van der Waals surface area contributed by atoms with E-state index in [2.05, 4.69) is 15.5 Å². The number of ether oxygens (including phenoxy) is 1. The van der Waals surface area contributed by atoms with E-state index in [0.717, 1.165) is 19.4 Å². The molecule has 2 rings (SSSR count). The van der Waals surface area contributed by atoms with E-state index in [1.807, 2.05) is 6.92 Å². The monoisotopic (exact) mass is 238 g/mol. The van der Waals surface area contributed by atoms with E-state index in [-0.39, 0.29) is 17.2 Å². The minimum absolute atomic E-state index is 0.254. The Kier molecular flexibility index (Phi) is 3.06. The summed E-state index contributed by atoms with van der Waals surface area (Å²) in [6.07, 6.45) is 2.00. The highest BCUT2D eigenvalue weighted by Gasteiger charge is 2.30. The largest absolute Gasteiger partial charge is 0.395 e. The van der Waals surface area contributed by atoms with Crippen LogP contribution in [0.1, 0.15) is 35.9 Å². The highest BCUT2D eigenvalue weighted by Crippen LogP contribution is 2.24. The molecular weight excluding hydrogens is 220 g/mol. The number of rotatable bonds is 3. The summed E-state index contributed by atoms with van der Waals surface area (Å²) in [4.78, 5) is 11.8. The number of carbonyl (C=O) groups is 1. The first kappa shape index (κ1) is 11.9. The number of amides is 1. The Morgan fingerprint density at radius 1 is 1.71 bits per heavy atom. The van der Waals surface area contributed by atoms with E-state index < -0.39 is 0 Å². The fourth-order valence-electron chi connectivity index (χ4n) is 1.94. The Balaban J connectivity index is 1.96. The second-order valence-electron chi connectivity index (χ2n) is 4.70. The van der Waals surface area contributed by atoms with Gasteiger partial charge in [0, 0.05) is 13.2 Å². The minimum atomic E-state index is -0.261. The number of aromatic nitrogens is 2. The van der Waals surface area contributed by atoms with Crippen LogP contribution in [0.3, 0.4) is 0 Å². The van der Waals surface area contributed by atoms with E-state index in [4.69, 9.17) is 10.5 Å². The molecule has 6 nitrogen and oxygen atoms in total. The molecule has 1 fully saturated rings. The number of carbonyl (C=O) groups excluding carboxylic acids is 1. The quantitative estimate of drug-likeness (QED) is 0.718. The van der Waals surface area contributed by atoms with E-state index in [1.54, 1.807) is 6.92 Å². The van der Waals surface area contributed by atoms with Crippen molar-refractivity contribution in [2.75, 3.05) is 18.9 Å². The van der Waals surface area contributed by atoms with Gasteiger partial charge in [0.25, 0.3) is 5.91 Å².